The highest BCUT2D eigenvalue weighted by Crippen LogP contribution is 2.32. The molecule has 0 saturated heterocycles. The molecule has 0 bridgehead atoms. The second kappa shape index (κ2) is 18.5. The zero-order valence-corrected chi connectivity index (χ0v) is 28.6. The van der Waals surface area contributed by atoms with Gasteiger partial charge in [-0.25, -0.2) is 4.79 Å². The normalized spacial score (nSPS) is 11.7. The lowest BCUT2D eigenvalue weighted by Crippen LogP contribution is -2.41. The van der Waals surface area contributed by atoms with Crippen molar-refractivity contribution in [3.05, 3.63) is 125 Å². The fraction of sp³-hybridized carbons (Fsp3) is 0.300. The van der Waals surface area contributed by atoms with Crippen LogP contribution in [-0.4, -0.2) is 36.2 Å². The number of Topliss-reactive ketones (excluding diaryl/α,β-unsaturated/α-hetero) is 1. The molecular weight excluding hydrogens is 661 g/mol. The Labute approximate surface area is 295 Å². The molecule has 0 saturated carbocycles. The van der Waals surface area contributed by atoms with E-state index in [0.717, 1.165) is 24.5 Å². The quantitative estimate of drug-likeness (QED) is 0.0650. The Morgan fingerprint density at radius 1 is 0.745 bits per heavy atom. The summed E-state index contributed by atoms with van der Waals surface area (Å²) in [6.45, 7) is 4.16. The van der Waals surface area contributed by atoms with E-state index in [9.17, 15) is 32.3 Å². The summed E-state index contributed by atoms with van der Waals surface area (Å²) in [6.07, 6.45) is 0.835. The van der Waals surface area contributed by atoms with Gasteiger partial charge < -0.3 is 20.1 Å². The smallest absolute Gasteiger partial charge is 0.416 e. The Morgan fingerprint density at radius 3 is 2.02 bits per heavy atom. The van der Waals surface area contributed by atoms with Crippen LogP contribution in [0.1, 0.15) is 83.4 Å². The Hall–Kier alpha value is -5.45. The van der Waals surface area contributed by atoms with Gasteiger partial charge in [0.15, 0.2) is 5.78 Å². The number of hydrogen-bond donors (Lipinski definition) is 2. The number of benzene rings is 4. The number of hydrogen-bond acceptors (Lipinski definition) is 6. The Morgan fingerprint density at radius 2 is 1.37 bits per heavy atom. The average Bonchev–Trinajstić information content (AvgIpc) is 3.10. The van der Waals surface area contributed by atoms with Crippen molar-refractivity contribution in [3.8, 4) is 11.5 Å². The number of halogens is 3. The first-order valence-corrected chi connectivity index (χ1v) is 16.8. The molecule has 0 radical (unpaired) electrons. The summed E-state index contributed by atoms with van der Waals surface area (Å²) in [6, 6.07) is 23.2. The monoisotopic (exact) mass is 702 g/mol. The van der Waals surface area contributed by atoms with Gasteiger partial charge in [0.05, 0.1) is 30.2 Å². The van der Waals surface area contributed by atoms with E-state index >= 15 is 0 Å². The van der Waals surface area contributed by atoms with Crippen molar-refractivity contribution in [1.82, 2.24) is 5.32 Å². The second-order valence-electron chi connectivity index (χ2n) is 12.1. The van der Waals surface area contributed by atoms with Crippen molar-refractivity contribution >= 4 is 29.3 Å². The highest BCUT2D eigenvalue weighted by molar-refractivity contribution is 5.98. The molecule has 51 heavy (non-hydrogen) atoms. The predicted octanol–water partition coefficient (Wildman–Crippen LogP) is 8.39. The van der Waals surface area contributed by atoms with Gasteiger partial charge >= 0.3 is 12.1 Å². The fourth-order valence-electron chi connectivity index (χ4n) is 5.25. The summed E-state index contributed by atoms with van der Waals surface area (Å²) < 4.78 is 51.1. The van der Waals surface area contributed by atoms with Crippen LogP contribution in [0.4, 0.5) is 18.9 Å². The number of carbonyl (C=O) groups excluding carboxylic acids is 4. The molecule has 268 valence electrons. The SMILES string of the molecule is CCCCCCCOc1ccc(C(=O)Oc2ccc(C[C@H](NC(=O)c3ccc(NC(=O)Cc4ccccc4C(F)(F)F)cc3)C(C)=O)cc2)cc1. The van der Waals surface area contributed by atoms with E-state index in [1.165, 1.54) is 68.7 Å². The van der Waals surface area contributed by atoms with Crippen LogP contribution >= 0.6 is 0 Å². The third kappa shape index (κ3) is 12.1. The number of alkyl halides is 3. The van der Waals surface area contributed by atoms with Gasteiger partial charge in [0.25, 0.3) is 5.91 Å². The largest absolute Gasteiger partial charge is 0.494 e. The lowest BCUT2D eigenvalue weighted by Gasteiger charge is -2.17. The topological polar surface area (TPSA) is 111 Å². The van der Waals surface area contributed by atoms with Crippen LogP contribution in [0.25, 0.3) is 0 Å². The van der Waals surface area contributed by atoms with E-state index in [-0.39, 0.29) is 23.3 Å². The van der Waals surface area contributed by atoms with Gasteiger partial charge in [-0.05, 0) is 97.6 Å². The standard InChI is InChI=1S/C40H41F3N2O6/c1-3-4-5-6-9-24-50-33-22-16-30(17-23-33)39(49)51-34-20-12-28(13-21-34)25-36(27(2)46)45-38(48)29-14-18-32(19-15-29)44-37(47)26-31-10-7-8-11-35(31)40(41,42)43/h7-8,10-23,36H,3-6,9,24-26H2,1-2H3,(H,44,47)(H,45,48)/t36-/m0/s1. The number of anilines is 1. The molecule has 0 unspecified atom stereocenters. The van der Waals surface area contributed by atoms with Crippen LogP contribution in [0.15, 0.2) is 97.1 Å². The van der Waals surface area contributed by atoms with Gasteiger partial charge in [0, 0.05) is 11.3 Å². The number of esters is 1. The van der Waals surface area contributed by atoms with Gasteiger partial charge in [-0.3, -0.25) is 14.4 Å². The van der Waals surface area contributed by atoms with Crippen molar-refractivity contribution < 1.29 is 41.8 Å². The van der Waals surface area contributed by atoms with Gasteiger partial charge in [-0.15, -0.1) is 0 Å². The molecule has 2 N–H and O–H groups in total. The van der Waals surface area contributed by atoms with Gasteiger partial charge in [0.1, 0.15) is 11.5 Å². The number of nitrogens with one attached hydrogen (secondary N) is 2. The van der Waals surface area contributed by atoms with E-state index < -0.39 is 42.0 Å². The van der Waals surface area contributed by atoms with Gasteiger partial charge in [-0.2, -0.15) is 13.2 Å². The molecule has 0 heterocycles. The van der Waals surface area contributed by atoms with Crippen molar-refractivity contribution in [3.63, 3.8) is 0 Å². The fourth-order valence-corrected chi connectivity index (χ4v) is 5.25. The molecule has 0 spiro atoms. The van der Waals surface area contributed by atoms with E-state index in [2.05, 4.69) is 17.6 Å². The molecule has 2 amide bonds. The third-order valence-corrected chi connectivity index (χ3v) is 8.08. The van der Waals surface area contributed by atoms with Crippen molar-refractivity contribution in [2.45, 2.75) is 71.0 Å². The van der Waals surface area contributed by atoms with Crippen LogP contribution in [0.2, 0.25) is 0 Å². The summed E-state index contributed by atoms with van der Waals surface area (Å²) in [5, 5.41) is 5.25. The minimum Gasteiger partial charge on any atom is -0.494 e. The van der Waals surface area contributed by atoms with Gasteiger partial charge in [0.2, 0.25) is 5.91 Å². The number of carbonyl (C=O) groups is 4. The first-order chi connectivity index (χ1) is 24.4. The molecule has 1 atom stereocenters. The van der Waals surface area contributed by atoms with Crippen LogP contribution in [0.5, 0.6) is 11.5 Å². The molecule has 4 aromatic rings. The summed E-state index contributed by atoms with van der Waals surface area (Å²) in [4.78, 5) is 50.5. The maximum absolute atomic E-state index is 13.3. The minimum absolute atomic E-state index is 0.153. The number of amides is 2. The molecule has 0 aliphatic rings. The number of unbranched alkanes of at least 4 members (excludes halogenated alkanes) is 4. The Bertz CT molecular complexity index is 1770. The first kappa shape index (κ1) is 38.4. The molecular formula is C40H41F3N2O6. The molecule has 4 rings (SSSR count). The summed E-state index contributed by atoms with van der Waals surface area (Å²) in [5.41, 5.74) is 0.565. The van der Waals surface area contributed by atoms with Crippen molar-refractivity contribution in [1.29, 1.82) is 0 Å². The molecule has 0 aliphatic heterocycles. The van der Waals surface area contributed by atoms with Crippen LogP contribution in [0, 0.1) is 0 Å². The van der Waals surface area contributed by atoms with E-state index in [1.54, 1.807) is 48.5 Å². The number of rotatable bonds is 17. The highest BCUT2D eigenvalue weighted by atomic mass is 19.4. The zero-order chi connectivity index (χ0) is 36.8. The van der Waals surface area contributed by atoms with Gasteiger partial charge in [-0.1, -0.05) is 62.9 Å². The third-order valence-electron chi connectivity index (χ3n) is 8.08. The first-order valence-electron chi connectivity index (χ1n) is 16.8. The van der Waals surface area contributed by atoms with Crippen molar-refractivity contribution in [2.24, 2.45) is 0 Å². The Kier molecular flexibility index (Phi) is 13.9. The number of ether oxygens (including phenoxy) is 2. The lowest BCUT2D eigenvalue weighted by atomic mass is 10.0. The average molecular weight is 703 g/mol. The highest BCUT2D eigenvalue weighted by Gasteiger charge is 2.33. The molecule has 0 aromatic heterocycles. The van der Waals surface area contributed by atoms with Crippen LogP contribution in [-0.2, 0) is 28.6 Å². The maximum Gasteiger partial charge on any atom is 0.416 e. The molecule has 8 nitrogen and oxygen atoms in total. The predicted molar refractivity (Wildman–Crippen MR) is 188 cm³/mol. The molecule has 11 heteroatoms. The lowest BCUT2D eigenvalue weighted by molar-refractivity contribution is -0.138. The molecule has 0 fully saturated rings. The van der Waals surface area contributed by atoms with E-state index in [0.29, 0.717) is 29.4 Å². The van der Waals surface area contributed by atoms with E-state index in [4.69, 9.17) is 9.47 Å². The van der Waals surface area contributed by atoms with Crippen molar-refractivity contribution in [2.75, 3.05) is 11.9 Å². The summed E-state index contributed by atoms with van der Waals surface area (Å²) in [7, 11) is 0. The minimum atomic E-state index is -4.58. The zero-order valence-electron chi connectivity index (χ0n) is 28.6. The maximum atomic E-state index is 13.3. The van der Waals surface area contributed by atoms with Crippen LogP contribution < -0.4 is 20.1 Å². The number of ketones is 1. The molecule has 0 aliphatic carbocycles. The second-order valence-corrected chi connectivity index (χ2v) is 12.1. The van der Waals surface area contributed by atoms with Crippen LogP contribution in [0.3, 0.4) is 0 Å². The molecule has 4 aromatic carbocycles. The van der Waals surface area contributed by atoms with E-state index in [1.807, 2.05) is 0 Å². The summed E-state index contributed by atoms with van der Waals surface area (Å²) in [5.74, 6) is -0.973. The summed E-state index contributed by atoms with van der Waals surface area (Å²) >= 11 is 0. The Balaban J connectivity index is 1.26.